The second-order valence-corrected chi connectivity index (χ2v) is 3.60. The van der Waals surface area contributed by atoms with E-state index in [1.165, 1.54) is 0 Å². The predicted octanol–water partition coefficient (Wildman–Crippen LogP) is 1.87. The Morgan fingerprint density at radius 2 is 1.91 bits per heavy atom. The third kappa shape index (κ3) is 3.00. The van der Waals surface area contributed by atoms with Crippen molar-refractivity contribution in [3.63, 3.8) is 0 Å². The van der Waals surface area contributed by atoms with Crippen molar-refractivity contribution in [2.45, 2.75) is 20.0 Å². The Morgan fingerprint density at radius 1 is 1.36 bits per heavy atom. The normalized spacial score (nSPS) is 10.2. The van der Waals surface area contributed by atoms with E-state index in [4.69, 9.17) is 4.74 Å². The molecule has 60 valence electrons. The largest absolute Gasteiger partial charge is 0.461 e. The van der Waals surface area contributed by atoms with Crippen molar-refractivity contribution in [2.24, 2.45) is 0 Å². The Balaban J connectivity index is 2.66. The molecule has 1 rings (SSSR count). The quantitative estimate of drug-likeness (QED) is 0.765. The highest BCUT2D eigenvalue weighted by Gasteiger charge is 1.98. The summed E-state index contributed by atoms with van der Waals surface area (Å²) in [5.74, 6) is 0. The van der Waals surface area contributed by atoms with E-state index in [0.717, 1.165) is 3.57 Å². The molecule has 0 unspecified atom stereocenters. The van der Waals surface area contributed by atoms with Gasteiger partial charge in [0.05, 0.1) is 6.10 Å². The molecule has 0 aliphatic heterocycles. The maximum absolute atomic E-state index is 5.24. The lowest BCUT2D eigenvalue weighted by molar-refractivity contribution is 0.222. The van der Waals surface area contributed by atoms with E-state index in [0.29, 0.717) is 6.01 Å². The van der Waals surface area contributed by atoms with E-state index in [9.17, 15) is 0 Å². The van der Waals surface area contributed by atoms with Gasteiger partial charge in [0, 0.05) is 16.0 Å². The van der Waals surface area contributed by atoms with Gasteiger partial charge in [-0.3, -0.25) is 0 Å². The fraction of sp³-hybridized carbons (Fsp3) is 0.429. The second-order valence-electron chi connectivity index (χ2n) is 2.35. The molecule has 0 radical (unpaired) electrons. The molecule has 0 saturated carbocycles. The van der Waals surface area contributed by atoms with Crippen LogP contribution in [0.15, 0.2) is 12.4 Å². The standard InChI is InChI=1S/C7H9IN2O/c1-5(2)11-7-9-3-6(8)4-10-7/h3-5H,1-2H3. The molecule has 4 heteroatoms. The highest BCUT2D eigenvalue weighted by molar-refractivity contribution is 14.1. The summed E-state index contributed by atoms with van der Waals surface area (Å²) < 4.78 is 6.26. The lowest BCUT2D eigenvalue weighted by atomic mass is 10.5. The Kier molecular flexibility index (Phi) is 3.04. The van der Waals surface area contributed by atoms with Gasteiger partial charge in [-0.25, -0.2) is 9.97 Å². The summed E-state index contributed by atoms with van der Waals surface area (Å²) in [6.45, 7) is 3.89. The minimum absolute atomic E-state index is 0.134. The number of aromatic nitrogens is 2. The highest BCUT2D eigenvalue weighted by Crippen LogP contribution is 2.05. The van der Waals surface area contributed by atoms with Crippen molar-refractivity contribution in [3.05, 3.63) is 16.0 Å². The summed E-state index contributed by atoms with van der Waals surface area (Å²) in [6.07, 6.45) is 3.59. The van der Waals surface area contributed by atoms with Crippen molar-refractivity contribution in [2.75, 3.05) is 0 Å². The van der Waals surface area contributed by atoms with Crippen molar-refractivity contribution in [1.29, 1.82) is 0 Å². The molecule has 0 bridgehead atoms. The van der Waals surface area contributed by atoms with Gasteiger partial charge in [0.1, 0.15) is 0 Å². The van der Waals surface area contributed by atoms with E-state index in [1.54, 1.807) is 12.4 Å². The van der Waals surface area contributed by atoms with Crippen LogP contribution in [0.3, 0.4) is 0 Å². The van der Waals surface area contributed by atoms with Crippen LogP contribution in [-0.4, -0.2) is 16.1 Å². The van der Waals surface area contributed by atoms with Gasteiger partial charge in [0.15, 0.2) is 0 Å². The molecule has 0 fully saturated rings. The molecule has 0 aromatic carbocycles. The molecule has 1 aromatic heterocycles. The first kappa shape index (κ1) is 8.70. The van der Waals surface area contributed by atoms with Gasteiger partial charge in [-0.2, -0.15) is 0 Å². The number of nitrogens with zero attached hydrogens (tertiary/aromatic N) is 2. The smallest absolute Gasteiger partial charge is 0.316 e. The van der Waals surface area contributed by atoms with E-state index >= 15 is 0 Å². The van der Waals surface area contributed by atoms with Crippen LogP contribution in [0.25, 0.3) is 0 Å². The third-order valence-corrected chi connectivity index (χ3v) is 1.49. The third-order valence-electron chi connectivity index (χ3n) is 0.938. The topological polar surface area (TPSA) is 35.0 Å². The molecule has 1 heterocycles. The molecular weight excluding hydrogens is 255 g/mol. The fourth-order valence-electron chi connectivity index (χ4n) is 0.572. The van der Waals surface area contributed by atoms with Crippen LogP contribution in [0, 0.1) is 3.57 Å². The number of hydrogen-bond acceptors (Lipinski definition) is 3. The first-order valence-corrected chi connectivity index (χ1v) is 4.40. The van der Waals surface area contributed by atoms with Crippen molar-refractivity contribution < 1.29 is 4.74 Å². The van der Waals surface area contributed by atoms with E-state index in [1.807, 2.05) is 13.8 Å². The summed E-state index contributed by atoms with van der Waals surface area (Å²) in [4.78, 5) is 7.96. The summed E-state index contributed by atoms with van der Waals surface area (Å²) in [5, 5.41) is 0. The van der Waals surface area contributed by atoms with E-state index in [-0.39, 0.29) is 6.10 Å². The molecule has 11 heavy (non-hydrogen) atoms. The zero-order valence-electron chi connectivity index (χ0n) is 6.41. The van der Waals surface area contributed by atoms with Gasteiger partial charge in [0.2, 0.25) is 0 Å². The van der Waals surface area contributed by atoms with Crippen LogP contribution >= 0.6 is 22.6 Å². The van der Waals surface area contributed by atoms with Gasteiger partial charge in [0.25, 0.3) is 0 Å². The lowest BCUT2D eigenvalue weighted by Gasteiger charge is -2.05. The minimum atomic E-state index is 0.134. The van der Waals surface area contributed by atoms with Gasteiger partial charge >= 0.3 is 6.01 Å². The molecule has 0 atom stereocenters. The Bertz CT molecular complexity index is 222. The average molecular weight is 264 g/mol. The molecule has 0 aliphatic carbocycles. The Labute approximate surface area is 79.3 Å². The van der Waals surface area contributed by atoms with E-state index < -0.39 is 0 Å². The Hall–Kier alpha value is -0.390. The zero-order chi connectivity index (χ0) is 8.27. The molecule has 1 aromatic rings. The van der Waals surface area contributed by atoms with Crippen LogP contribution in [0.5, 0.6) is 6.01 Å². The van der Waals surface area contributed by atoms with E-state index in [2.05, 4.69) is 32.6 Å². The van der Waals surface area contributed by atoms with Crippen LogP contribution in [0.1, 0.15) is 13.8 Å². The first-order chi connectivity index (χ1) is 5.18. The van der Waals surface area contributed by atoms with Gasteiger partial charge in [-0.1, -0.05) is 0 Å². The molecule has 0 amide bonds. The molecule has 0 spiro atoms. The number of ether oxygens (including phenoxy) is 1. The van der Waals surface area contributed by atoms with Gasteiger partial charge in [-0.05, 0) is 36.4 Å². The summed E-state index contributed by atoms with van der Waals surface area (Å²) in [7, 11) is 0. The van der Waals surface area contributed by atoms with Gasteiger partial charge < -0.3 is 4.74 Å². The predicted molar refractivity (Wildman–Crippen MR) is 50.5 cm³/mol. The van der Waals surface area contributed by atoms with Crippen LogP contribution in [-0.2, 0) is 0 Å². The Morgan fingerprint density at radius 3 is 2.36 bits per heavy atom. The summed E-state index contributed by atoms with van der Waals surface area (Å²) in [5.41, 5.74) is 0. The maximum atomic E-state index is 5.24. The minimum Gasteiger partial charge on any atom is -0.461 e. The molecule has 0 aliphatic rings. The highest BCUT2D eigenvalue weighted by atomic mass is 127. The van der Waals surface area contributed by atoms with Crippen molar-refractivity contribution in [1.82, 2.24) is 9.97 Å². The molecule has 0 saturated heterocycles. The average Bonchev–Trinajstić information content (AvgIpc) is 1.93. The lowest BCUT2D eigenvalue weighted by Crippen LogP contribution is -2.08. The first-order valence-electron chi connectivity index (χ1n) is 3.32. The fourth-order valence-corrected chi connectivity index (χ4v) is 0.851. The van der Waals surface area contributed by atoms with Crippen LogP contribution in [0.2, 0.25) is 0 Å². The monoisotopic (exact) mass is 264 g/mol. The van der Waals surface area contributed by atoms with Crippen LogP contribution in [0.4, 0.5) is 0 Å². The van der Waals surface area contributed by atoms with Crippen molar-refractivity contribution >= 4 is 22.6 Å². The SMILES string of the molecule is CC(C)Oc1ncc(I)cn1. The molecule has 3 nitrogen and oxygen atoms in total. The summed E-state index contributed by atoms with van der Waals surface area (Å²) >= 11 is 2.15. The maximum Gasteiger partial charge on any atom is 0.316 e. The van der Waals surface area contributed by atoms with Crippen LogP contribution < -0.4 is 4.74 Å². The second kappa shape index (κ2) is 3.85. The number of hydrogen-bond donors (Lipinski definition) is 0. The number of halogens is 1. The molecular formula is C7H9IN2O. The molecule has 0 N–H and O–H groups in total. The van der Waals surface area contributed by atoms with Gasteiger partial charge in [-0.15, -0.1) is 0 Å². The summed E-state index contributed by atoms with van der Waals surface area (Å²) in [6, 6.07) is 0.445. The number of rotatable bonds is 2. The zero-order valence-corrected chi connectivity index (χ0v) is 8.57. The van der Waals surface area contributed by atoms with Crippen molar-refractivity contribution in [3.8, 4) is 6.01 Å².